The number of rotatable bonds is 5. The number of carboxylic acids is 1. The maximum atomic E-state index is 13.4. The summed E-state index contributed by atoms with van der Waals surface area (Å²) in [6.07, 6.45) is 0.904. The number of likely N-dealkylation sites (tertiary alicyclic amines) is 1. The second-order valence-electron chi connectivity index (χ2n) is 6.25. The monoisotopic (exact) mass is 293 g/mol. The van der Waals surface area contributed by atoms with Crippen molar-refractivity contribution in [1.82, 2.24) is 4.90 Å². The van der Waals surface area contributed by atoms with Crippen molar-refractivity contribution >= 4 is 12.3 Å². The summed E-state index contributed by atoms with van der Waals surface area (Å²) < 4.78 is 13.4. The molecule has 114 valence electrons. The van der Waals surface area contributed by atoms with E-state index in [1.165, 1.54) is 12.1 Å². The SMILES string of the molecule is CC(C)(CC(=O)O)N1C[C@H](c2cccc(F)c2)[C@@H](C=O)C1. The molecule has 0 radical (unpaired) electrons. The largest absolute Gasteiger partial charge is 0.481 e. The molecule has 1 aliphatic heterocycles. The highest BCUT2D eigenvalue weighted by Gasteiger charge is 2.41. The Hall–Kier alpha value is -1.75. The van der Waals surface area contributed by atoms with Crippen LogP contribution in [0.15, 0.2) is 24.3 Å². The summed E-state index contributed by atoms with van der Waals surface area (Å²) >= 11 is 0. The van der Waals surface area contributed by atoms with Gasteiger partial charge in [-0.05, 0) is 31.5 Å². The molecule has 1 aliphatic rings. The molecule has 1 N–H and O–H groups in total. The summed E-state index contributed by atoms with van der Waals surface area (Å²) in [5.41, 5.74) is 0.260. The van der Waals surface area contributed by atoms with Gasteiger partial charge < -0.3 is 9.90 Å². The van der Waals surface area contributed by atoms with Crippen molar-refractivity contribution in [3.05, 3.63) is 35.6 Å². The van der Waals surface area contributed by atoms with Crippen molar-refractivity contribution in [2.75, 3.05) is 13.1 Å². The van der Waals surface area contributed by atoms with Crippen LogP contribution < -0.4 is 0 Å². The Labute approximate surface area is 123 Å². The number of hydrogen-bond donors (Lipinski definition) is 1. The normalized spacial score (nSPS) is 23.2. The molecule has 0 bridgehead atoms. The van der Waals surface area contributed by atoms with Crippen LogP contribution in [0.2, 0.25) is 0 Å². The summed E-state index contributed by atoms with van der Waals surface area (Å²) in [6.45, 7) is 4.78. The first-order chi connectivity index (χ1) is 9.83. The lowest BCUT2D eigenvalue weighted by Gasteiger charge is -2.34. The summed E-state index contributed by atoms with van der Waals surface area (Å²) in [5, 5.41) is 9.01. The molecule has 0 amide bonds. The molecule has 1 saturated heterocycles. The Morgan fingerprint density at radius 2 is 2.19 bits per heavy atom. The second kappa shape index (κ2) is 5.93. The van der Waals surface area contributed by atoms with E-state index in [1.54, 1.807) is 6.07 Å². The van der Waals surface area contributed by atoms with E-state index in [1.807, 2.05) is 24.8 Å². The summed E-state index contributed by atoms with van der Waals surface area (Å²) in [4.78, 5) is 24.3. The van der Waals surface area contributed by atoms with Crippen LogP contribution in [0.25, 0.3) is 0 Å². The van der Waals surface area contributed by atoms with E-state index < -0.39 is 11.5 Å². The zero-order chi connectivity index (χ0) is 15.6. The topological polar surface area (TPSA) is 57.6 Å². The number of halogens is 1. The highest BCUT2D eigenvalue weighted by molar-refractivity contribution is 5.68. The van der Waals surface area contributed by atoms with Gasteiger partial charge >= 0.3 is 5.97 Å². The zero-order valence-corrected chi connectivity index (χ0v) is 12.3. The number of aldehydes is 1. The van der Waals surface area contributed by atoms with Gasteiger partial charge in [-0.15, -0.1) is 0 Å². The summed E-state index contributed by atoms with van der Waals surface area (Å²) in [6, 6.07) is 6.28. The van der Waals surface area contributed by atoms with Crippen molar-refractivity contribution in [1.29, 1.82) is 0 Å². The van der Waals surface area contributed by atoms with Gasteiger partial charge in [0.1, 0.15) is 12.1 Å². The minimum Gasteiger partial charge on any atom is -0.481 e. The summed E-state index contributed by atoms with van der Waals surface area (Å²) in [7, 11) is 0. The maximum absolute atomic E-state index is 13.4. The highest BCUT2D eigenvalue weighted by Crippen LogP contribution is 2.36. The fourth-order valence-corrected chi connectivity index (χ4v) is 3.03. The molecule has 0 spiro atoms. The molecule has 1 fully saturated rings. The van der Waals surface area contributed by atoms with Crippen LogP contribution in [0.5, 0.6) is 0 Å². The van der Waals surface area contributed by atoms with Gasteiger partial charge in [0.25, 0.3) is 0 Å². The van der Waals surface area contributed by atoms with Gasteiger partial charge in [-0.25, -0.2) is 4.39 Å². The molecular formula is C16H20FNO3. The smallest absolute Gasteiger partial charge is 0.305 e. The van der Waals surface area contributed by atoms with Gasteiger partial charge in [-0.1, -0.05) is 12.1 Å². The Bertz CT molecular complexity index is 544. The molecule has 4 nitrogen and oxygen atoms in total. The van der Waals surface area contributed by atoms with Gasteiger partial charge in [0.05, 0.1) is 6.42 Å². The van der Waals surface area contributed by atoms with Crippen molar-refractivity contribution in [3.8, 4) is 0 Å². The third-order valence-electron chi connectivity index (χ3n) is 4.26. The first-order valence-corrected chi connectivity index (χ1v) is 7.01. The predicted molar refractivity (Wildman–Crippen MR) is 76.6 cm³/mol. The van der Waals surface area contributed by atoms with Crippen LogP contribution in [-0.2, 0) is 9.59 Å². The van der Waals surface area contributed by atoms with E-state index in [0.717, 1.165) is 11.8 Å². The maximum Gasteiger partial charge on any atom is 0.305 e. The molecule has 1 aromatic rings. The van der Waals surface area contributed by atoms with Crippen LogP contribution in [0.3, 0.4) is 0 Å². The van der Waals surface area contributed by atoms with E-state index in [2.05, 4.69) is 0 Å². The molecule has 21 heavy (non-hydrogen) atoms. The van der Waals surface area contributed by atoms with Gasteiger partial charge in [-0.2, -0.15) is 0 Å². The first-order valence-electron chi connectivity index (χ1n) is 7.01. The lowest BCUT2D eigenvalue weighted by atomic mass is 9.90. The van der Waals surface area contributed by atoms with E-state index >= 15 is 0 Å². The number of aliphatic carboxylic acids is 1. The van der Waals surface area contributed by atoms with E-state index in [9.17, 15) is 14.0 Å². The Kier molecular flexibility index (Phi) is 4.42. The molecular weight excluding hydrogens is 273 g/mol. The molecule has 1 heterocycles. The molecule has 0 unspecified atom stereocenters. The van der Waals surface area contributed by atoms with E-state index in [4.69, 9.17) is 5.11 Å². The fourth-order valence-electron chi connectivity index (χ4n) is 3.03. The molecule has 2 rings (SSSR count). The molecule has 1 aromatic carbocycles. The first kappa shape index (κ1) is 15.6. The molecule has 0 aliphatic carbocycles. The van der Waals surface area contributed by atoms with Crippen molar-refractivity contribution in [3.63, 3.8) is 0 Å². The molecule has 5 heteroatoms. The third kappa shape index (κ3) is 3.47. The lowest BCUT2D eigenvalue weighted by Crippen LogP contribution is -2.44. The van der Waals surface area contributed by atoms with Crippen molar-refractivity contribution in [2.24, 2.45) is 5.92 Å². The van der Waals surface area contributed by atoms with Gasteiger partial charge in [0.2, 0.25) is 0 Å². The minimum atomic E-state index is -0.864. The number of nitrogens with zero attached hydrogens (tertiary/aromatic N) is 1. The van der Waals surface area contributed by atoms with E-state index in [-0.39, 0.29) is 24.1 Å². The number of carboxylic acid groups (broad SMARTS) is 1. The van der Waals surface area contributed by atoms with Crippen molar-refractivity contribution < 1.29 is 19.1 Å². The van der Waals surface area contributed by atoms with E-state index in [0.29, 0.717) is 13.1 Å². The van der Waals surface area contributed by atoms with Gasteiger partial charge in [0, 0.05) is 30.5 Å². The van der Waals surface area contributed by atoms with Crippen LogP contribution in [-0.4, -0.2) is 40.9 Å². The summed E-state index contributed by atoms with van der Waals surface area (Å²) in [5.74, 6) is -1.51. The van der Waals surface area contributed by atoms with Crippen LogP contribution >= 0.6 is 0 Å². The van der Waals surface area contributed by atoms with Crippen LogP contribution in [0.4, 0.5) is 4.39 Å². The second-order valence-corrected chi connectivity index (χ2v) is 6.25. The Morgan fingerprint density at radius 3 is 2.76 bits per heavy atom. The Morgan fingerprint density at radius 1 is 1.48 bits per heavy atom. The van der Waals surface area contributed by atoms with Crippen LogP contribution in [0.1, 0.15) is 31.7 Å². The molecule has 2 atom stereocenters. The highest BCUT2D eigenvalue weighted by atomic mass is 19.1. The number of carbonyl (C=O) groups excluding carboxylic acids is 1. The molecule has 0 saturated carbocycles. The number of benzene rings is 1. The van der Waals surface area contributed by atoms with Gasteiger partial charge in [0.15, 0.2) is 0 Å². The number of hydrogen-bond acceptors (Lipinski definition) is 3. The third-order valence-corrected chi connectivity index (χ3v) is 4.26. The average molecular weight is 293 g/mol. The quantitative estimate of drug-likeness (QED) is 0.846. The fraction of sp³-hybridized carbons (Fsp3) is 0.500. The van der Waals surface area contributed by atoms with Crippen molar-refractivity contribution in [2.45, 2.75) is 31.7 Å². The average Bonchev–Trinajstić information content (AvgIpc) is 2.82. The standard InChI is InChI=1S/C16H20FNO3/c1-16(2,7-15(20)21)18-8-12(10-19)14(9-18)11-4-3-5-13(17)6-11/h3-6,10,12,14H,7-9H2,1-2H3,(H,20,21)/t12-,14-/m1/s1. The lowest BCUT2D eigenvalue weighted by molar-refractivity contribution is -0.139. The van der Waals surface area contributed by atoms with Crippen LogP contribution in [0, 0.1) is 11.7 Å². The van der Waals surface area contributed by atoms with Gasteiger partial charge in [-0.3, -0.25) is 9.69 Å². The molecule has 0 aromatic heterocycles. The predicted octanol–water partition coefficient (Wildman–Crippen LogP) is 2.29. The minimum absolute atomic E-state index is 0.00838. The number of carbonyl (C=O) groups is 2. The zero-order valence-electron chi connectivity index (χ0n) is 12.3. The Balaban J connectivity index is 2.21.